The average molecular weight is 160 g/mol. The first-order valence-corrected chi connectivity index (χ1v) is 3.63. The molecule has 0 heterocycles. The number of carbonyl (C=O) groups is 1. The maximum Gasteiger partial charge on any atom is 0.239 e. The third kappa shape index (κ3) is 2.86. The zero-order valence-electron chi connectivity index (χ0n) is 7.24. The lowest BCUT2D eigenvalue weighted by molar-refractivity contribution is -0.133. The van der Waals surface area contributed by atoms with Crippen LogP contribution in [0.3, 0.4) is 0 Å². The van der Waals surface area contributed by atoms with Crippen molar-refractivity contribution in [3.8, 4) is 0 Å². The Kier molecular flexibility index (Phi) is 4.07. The van der Waals surface area contributed by atoms with Gasteiger partial charge in [0.25, 0.3) is 0 Å². The summed E-state index contributed by atoms with van der Waals surface area (Å²) in [7, 11) is 1.63. The number of hydrogen-bond donors (Lipinski definition) is 2. The van der Waals surface area contributed by atoms with Gasteiger partial charge in [-0.3, -0.25) is 4.79 Å². The number of aliphatic hydroxyl groups is 1. The molecule has 2 atom stereocenters. The molecule has 0 aromatic carbocycles. The highest BCUT2D eigenvalue weighted by Crippen LogP contribution is 1.96. The molecule has 0 bridgehead atoms. The van der Waals surface area contributed by atoms with E-state index in [-0.39, 0.29) is 18.6 Å². The molecule has 4 nitrogen and oxygen atoms in total. The first-order chi connectivity index (χ1) is 5.00. The van der Waals surface area contributed by atoms with Gasteiger partial charge in [0.2, 0.25) is 5.91 Å². The van der Waals surface area contributed by atoms with Gasteiger partial charge >= 0.3 is 0 Å². The van der Waals surface area contributed by atoms with Crippen LogP contribution in [-0.4, -0.2) is 41.7 Å². The Morgan fingerprint density at radius 1 is 1.64 bits per heavy atom. The molecule has 11 heavy (non-hydrogen) atoms. The minimum atomic E-state index is -0.492. The van der Waals surface area contributed by atoms with Crippen molar-refractivity contribution in [3.63, 3.8) is 0 Å². The van der Waals surface area contributed by atoms with E-state index in [0.29, 0.717) is 0 Å². The summed E-state index contributed by atoms with van der Waals surface area (Å²) in [6.45, 7) is 3.36. The predicted molar refractivity (Wildman–Crippen MR) is 43.0 cm³/mol. The second-order valence-electron chi connectivity index (χ2n) is 2.77. The summed E-state index contributed by atoms with van der Waals surface area (Å²) in [5.74, 6) is -0.147. The van der Waals surface area contributed by atoms with E-state index >= 15 is 0 Å². The number of amides is 1. The Labute approximate surface area is 67.0 Å². The fraction of sp³-hybridized carbons (Fsp3) is 0.857. The summed E-state index contributed by atoms with van der Waals surface area (Å²) in [5.41, 5.74) is 5.36. The van der Waals surface area contributed by atoms with Crippen LogP contribution in [-0.2, 0) is 4.79 Å². The molecule has 0 saturated heterocycles. The van der Waals surface area contributed by atoms with Gasteiger partial charge in [0, 0.05) is 7.05 Å². The molecule has 0 rings (SSSR count). The van der Waals surface area contributed by atoms with E-state index in [9.17, 15) is 4.79 Å². The molecule has 0 fully saturated rings. The van der Waals surface area contributed by atoms with Gasteiger partial charge in [0.1, 0.15) is 0 Å². The standard InChI is InChI=1S/C7H16N2O2/c1-5(4-10)9(3)7(11)6(2)8/h5-6,10H,4,8H2,1-3H3/t5?,6-/m0/s1. The Morgan fingerprint density at radius 2 is 2.09 bits per heavy atom. The minimum Gasteiger partial charge on any atom is -0.394 e. The molecule has 0 aliphatic heterocycles. The monoisotopic (exact) mass is 160 g/mol. The normalized spacial score (nSPS) is 15.7. The minimum absolute atomic E-state index is 0.0328. The second kappa shape index (κ2) is 4.31. The van der Waals surface area contributed by atoms with Crippen LogP contribution in [0.4, 0.5) is 0 Å². The summed E-state index contributed by atoms with van der Waals surface area (Å²) in [6.07, 6.45) is 0. The number of carbonyl (C=O) groups excluding carboxylic acids is 1. The van der Waals surface area contributed by atoms with Gasteiger partial charge in [0.15, 0.2) is 0 Å². The zero-order valence-corrected chi connectivity index (χ0v) is 7.24. The van der Waals surface area contributed by atoms with Crippen molar-refractivity contribution in [1.82, 2.24) is 4.90 Å². The quantitative estimate of drug-likeness (QED) is 0.566. The third-order valence-electron chi connectivity index (χ3n) is 1.66. The predicted octanol–water partition coefficient (Wildman–Crippen LogP) is -0.827. The van der Waals surface area contributed by atoms with E-state index in [2.05, 4.69) is 0 Å². The van der Waals surface area contributed by atoms with Gasteiger partial charge in [-0.1, -0.05) is 0 Å². The van der Waals surface area contributed by atoms with Crippen molar-refractivity contribution in [2.75, 3.05) is 13.7 Å². The molecule has 0 aromatic heterocycles. The molecule has 66 valence electrons. The van der Waals surface area contributed by atoms with Crippen LogP contribution in [0, 0.1) is 0 Å². The molecule has 0 saturated carbocycles. The molecule has 1 amide bonds. The number of hydrogen-bond acceptors (Lipinski definition) is 3. The fourth-order valence-electron chi connectivity index (χ4n) is 0.661. The highest BCUT2D eigenvalue weighted by Gasteiger charge is 2.17. The summed E-state index contributed by atoms with van der Waals surface area (Å²) in [4.78, 5) is 12.6. The molecule has 1 unspecified atom stereocenters. The zero-order chi connectivity index (χ0) is 9.02. The van der Waals surface area contributed by atoms with Crippen LogP contribution in [0.15, 0.2) is 0 Å². The van der Waals surface area contributed by atoms with Crippen molar-refractivity contribution in [2.24, 2.45) is 5.73 Å². The number of nitrogens with two attached hydrogens (primary N) is 1. The summed E-state index contributed by atoms with van der Waals surface area (Å²) < 4.78 is 0. The van der Waals surface area contributed by atoms with Crippen molar-refractivity contribution in [2.45, 2.75) is 25.9 Å². The van der Waals surface area contributed by atoms with Crippen molar-refractivity contribution >= 4 is 5.91 Å². The van der Waals surface area contributed by atoms with Crippen LogP contribution in [0.5, 0.6) is 0 Å². The Bertz CT molecular complexity index is 136. The summed E-state index contributed by atoms with van der Waals surface area (Å²) >= 11 is 0. The van der Waals surface area contributed by atoms with Crippen molar-refractivity contribution in [3.05, 3.63) is 0 Å². The van der Waals surface area contributed by atoms with Crippen LogP contribution < -0.4 is 5.73 Å². The van der Waals surface area contributed by atoms with Gasteiger partial charge in [0.05, 0.1) is 18.7 Å². The molecule has 0 aromatic rings. The molecule has 4 heteroatoms. The molecule has 3 N–H and O–H groups in total. The molecular weight excluding hydrogens is 144 g/mol. The first kappa shape index (κ1) is 10.4. The van der Waals surface area contributed by atoms with E-state index in [0.717, 1.165) is 0 Å². The van der Waals surface area contributed by atoms with E-state index < -0.39 is 6.04 Å². The SMILES string of the molecule is CC(CO)N(C)C(=O)[C@H](C)N. The number of aliphatic hydroxyl groups excluding tert-OH is 1. The third-order valence-corrected chi connectivity index (χ3v) is 1.66. The fourth-order valence-corrected chi connectivity index (χ4v) is 0.661. The number of rotatable bonds is 3. The Morgan fingerprint density at radius 3 is 2.36 bits per heavy atom. The van der Waals surface area contributed by atoms with E-state index in [4.69, 9.17) is 10.8 Å². The van der Waals surface area contributed by atoms with Crippen LogP contribution >= 0.6 is 0 Å². The lowest BCUT2D eigenvalue weighted by Crippen LogP contribution is -2.45. The van der Waals surface area contributed by atoms with Gasteiger partial charge in [-0.25, -0.2) is 0 Å². The van der Waals surface area contributed by atoms with Gasteiger partial charge < -0.3 is 15.7 Å². The van der Waals surface area contributed by atoms with Crippen LogP contribution in [0.1, 0.15) is 13.8 Å². The number of nitrogens with zero attached hydrogens (tertiary/aromatic N) is 1. The van der Waals surface area contributed by atoms with Crippen molar-refractivity contribution in [1.29, 1.82) is 0 Å². The Balaban J connectivity index is 4.02. The molecule has 0 aliphatic carbocycles. The second-order valence-corrected chi connectivity index (χ2v) is 2.77. The highest BCUT2D eigenvalue weighted by molar-refractivity contribution is 5.81. The topological polar surface area (TPSA) is 66.6 Å². The lowest BCUT2D eigenvalue weighted by Gasteiger charge is -2.24. The molecule has 0 radical (unpaired) electrons. The molecular formula is C7H16N2O2. The van der Waals surface area contributed by atoms with Crippen LogP contribution in [0.2, 0.25) is 0 Å². The van der Waals surface area contributed by atoms with Gasteiger partial charge in [-0.05, 0) is 13.8 Å². The van der Waals surface area contributed by atoms with Crippen molar-refractivity contribution < 1.29 is 9.90 Å². The van der Waals surface area contributed by atoms with E-state index in [1.54, 1.807) is 20.9 Å². The Hall–Kier alpha value is -0.610. The van der Waals surface area contributed by atoms with E-state index in [1.165, 1.54) is 4.90 Å². The highest BCUT2D eigenvalue weighted by atomic mass is 16.3. The number of likely N-dealkylation sites (N-methyl/N-ethyl adjacent to an activating group) is 1. The average Bonchev–Trinajstić information content (AvgIpc) is 2.00. The smallest absolute Gasteiger partial charge is 0.239 e. The van der Waals surface area contributed by atoms with Gasteiger partial charge in [-0.2, -0.15) is 0 Å². The lowest BCUT2D eigenvalue weighted by atomic mass is 10.2. The first-order valence-electron chi connectivity index (χ1n) is 3.63. The van der Waals surface area contributed by atoms with E-state index in [1.807, 2.05) is 0 Å². The largest absolute Gasteiger partial charge is 0.394 e. The summed E-state index contributed by atoms with van der Waals surface area (Å²) in [5, 5.41) is 8.70. The molecule has 0 aliphatic rings. The van der Waals surface area contributed by atoms with Crippen LogP contribution in [0.25, 0.3) is 0 Å². The maximum atomic E-state index is 11.1. The van der Waals surface area contributed by atoms with Gasteiger partial charge in [-0.15, -0.1) is 0 Å². The maximum absolute atomic E-state index is 11.1. The molecule has 0 spiro atoms. The summed E-state index contributed by atoms with van der Waals surface area (Å²) in [6, 6.07) is -0.650.